The summed E-state index contributed by atoms with van der Waals surface area (Å²) in [5, 5.41) is 14.0. The number of aryl methyl sites for hydroxylation is 2. The number of aliphatic hydroxyl groups excluding tert-OH is 1. The predicted molar refractivity (Wildman–Crippen MR) is 104 cm³/mol. The molecule has 2 N–H and O–H groups in total. The Morgan fingerprint density at radius 3 is 2.38 bits per heavy atom. The summed E-state index contributed by atoms with van der Waals surface area (Å²) in [4.78, 5) is 0. The summed E-state index contributed by atoms with van der Waals surface area (Å²) in [6.45, 7) is 0.966. The number of ether oxygens (including phenoxy) is 1. The van der Waals surface area contributed by atoms with Crippen molar-refractivity contribution in [2.24, 2.45) is 0 Å². The molecule has 2 aliphatic rings. The fourth-order valence-electron chi connectivity index (χ4n) is 4.41. The summed E-state index contributed by atoms with van der Waals surface area (Å²) in [5.74, 6) is 0. The van der Waals surface area contributed by atoms with Gasteiger partial charge in [0.2, 0.25) is 0 Å². The number of hydrogen-bond acceptors (Lipinski definition) is 3. The second-order valence-electron chi connectivity index (χ2n) is 7.62. The molecule has 0 heterocycles. The Morgan fingerprint density at radius 1 is 0.923 bits per heavy atom. The van der Waals surface area contributed by atoms with Gasteiger partial charge in [0.1, 0.15) is 0 Å². The minimum absolute atomic E-state index is 0.130. The molecule has 3 atom stereocenters. The summed E-state index contributed by atoms with van der Waals surface area (Å²) in [6.07, 6.45) is 6.52. The fourth-order valence-corrected chi connectivity index (χ4v) is 4.41. The molecule has 0 amide bonds. The highest BCUT2D eigenvalue weighted by Crippen LogP contribution is 2.32. The lowest BCUT2D eigenvalue weighted by atomic mass is 9.88. The van der Waals surface area contributed by atoms with E-state index in [1.807, 2.05) is 0 Å². The lowest BCUT2D eigenvalue weighted by Crippen LogP contribution is -2.35. The highest BCUT2D eigenvalue weighted by molar-refractivity contribution is 5.32. The summed E-state index contributed by atoms with van der Waals surface area (Å²) >= 11 is 0. The minimum atomic E-state index is -0.474. The predicted octanol–water partition coefficient (Wildman–Crippen LogP) is 4.11. The van der Waals surface area contributed by atoms with Crippen LogP contribution >= 0.6 is 0 Å². The maximum atomic E-state index is 10.4. The van der Waals surface area contributed by atoms with Gasteiger partial charge in [0.15, 0.2) is 0 Å². The van der Waals surface area contributed by atoms with Crippen molar-refractivity contribution in [3.8, 4) is 0 Å². The standard InChI is InChI=1S/C23H29NO2/c25-19(15-24-22-13-5-9-17-7-1-3-11-20(17)22)16-26-23-14-6-10-18-8-2-4-12-21(18)23/h1-4,7-8,11-12,19,22-25H,5-6,9-10,13-16H2/t19-,22-,23+/m0/s1. The van der Waals surface area contributed by atoms with E-state index in [9.17, 15) is 5.11 Å². The van der Waals surface area contributed by atoms with E-state index in [1.54, 1.807) is 0 Å². The topological polar surface area (TPSA) is 41.5 Å². The van der Waals surface area contributed by atoms with Crippen LogP contribution in [0.3, 0.4) is 0 Å². The third kappa shape index (κ3) is 4.01. The van der Waals surface area contributed by atoms with E-state index >= 15 is 0 Å². The molecule has 0 bridgehead atoms. The van der Waals surface area contributed by atoms with Crippen molar-refractivity contribution >= 4 is 0 Å². The molecule has 0 spiro atoms. The van der Waals surface area contributed by atoms with Crippen molar-refractivity contribution in [1.29, 1.82) is 0 Å². The van der Waals surface area contributed by atoms with Crippen molar-refractivity contribution in [3.63, 3.8) is 0 Å². The maximum Gasteiger partial charge on any atom is 0.0898 e. The molecular weight excluding hydrogens is 322 g/mol. The van der Waals surface area contributed by atoms with Crippen LogP contribution in [0.2, 0.25) is 0 Å². The number of rotatable bonds is 6. The average molecular weight is 351 g/mol. The second kappa shape index (κ2) is 8.34. The third-order valence-electron chi connectivity index (χ3n) is 5.77. The number of benzene rings is 2. The molecule has 26 heavy (non-hydrogen) atoms. The van der Waals surface area contributed by atoms with E-state index < -0.39 is 6.10 Å². The lowest BCUT2D eigenvalue weighted by molar-refractivity contribution is -0.0175. The molecule has 138 valence electrons. The fraction of sp³-hybridized carbons (Fsp3) is 0.478. The van der Waals surface area contributed by atoms with Gasteiger partial charge in [-0.05, 0) is 60.8 Å². The maximum absolute atomic E-state index is 10.4. The van der Waals surface area contributed by atoms with E-state index in [0.29, 0.717) is 19.2 Å². The molecule has 3 nitrogen and oxygen atoms in total. The van der Waals surface area contributed by atoms with Crippen LogP contribution in [0, 0.1) is 0 Å². The lowest BCUT2D eigenvalue weighted by Gasteiger charge is -2.29. The minimum Gasteiger partial charge on any atom is -0.389 e. The zero-order valence-electron chi connectivity index (χ0n) is 15.4. The van der Waals surface area contributed by atoms with Crippen molar-refractivity contribution in [2.75, 3.05) is 13.2 Å². The molecule has 0 unspecified atom stereocenters. The largest absolute Gasteiger partial charge is 0.389 e. The summed E-state index contributed by atoms with van der Waals surface area (Å²) < 4.78 is 6.09. The average Bonchev–Trinajstić information content (AvgIpc) is 2.70. The summed E-state index contributed by atoms with van der Waals surface area (Å²) in [7, 11) is 0. The van der Waals surface area contributed by atoms with Gasteiger partial charge in [-0.1, -0.05) is 48.5 Å². The summed E-state index contributed by atoms with van der Waals surface area (Å²) in [5.41, 5.74) is 5.55. The Balaban J connectivity index is 1.29. The van der Waals surface area contributed by atoms with Gasteiger partial charge in [0.25, 0.3) is 0 Å². The first-order valence-electron chi connectivity index (χ1n) is 10.00. The monoisotopic (exact) mass is 351 g/mol. The van der Waals surface area contributed by atoms with Gasteiger partial charge in [-0.25, -0.2) is 0 Å². The normalized spacial score (nSPS) is 23.1. The smallest absolute Gasteiger partial charge is 0.0898 e. The van der Waals surface area contributed by atoms with Crippen LogP contribution in [0.25, 0.3) is 0 Å². The first-order chi connectivity index (χ1) is 12.8. The van der Waals surface area contributed by atoms with E-state index in [0.717, 1.165) is 25.7 Å². The van der Waals surface area contributed by atoms with Gasteiger partial charge >= 0.3 is 0 Å². The van der Waals surface area contributed by atoms with Gasteiger partial charge in [-0.3, -0.25) is 0 Å². The molecule has 2 aromatic rings. The van der Waals surface area contributed by atoms with E-state index in [2.05, 4.69) is 53.8 Å². The number of nitrogens with one attached hydrogen (secondary N) is 1. The van der Waals surface area contributed by atoms with Gasteiger partial charge in [-0.2, -0.15) is 0 Å². The van der Waals surface area contributed by atoms with Crippen LogP contribution in [0.5, 0.6) is 0 Å². The molecule has 0 saturated carbocycles. The van der Waals surface area contributed by atoms with Crippen LogP contribution in [-0.2, 0) is 17.6 Å². The molecular formula is C23H29NO2. The van der Waals surface area contributed by atoms with E-state index in [1.165, 1.54) is 35.1 Å². The highest BCUT2D eigenvalue weighted by Gasteiger charge is 2.23. The van der Waals surface area contributed by atoms with Crippen LogP contribution in [0.15, 0.2) is 48.5 Å². The number of aliphatic hydroxyl groups is 1. The van der Waals surface area contributed by atoms with Crippen molar-refractivity contribution in [2.45, 2.75) is 56.8 Å². The Morgan fingerprint density at radius 2 is 1.58 bits per heavy atom. The molecule has 3 heteroatoms. The third-order valence-corrected chi connectivity index (χ3v) is 5.77. The first kappa shape index (κ1) is 17.7. The van der Waals surface area contributed by atoms with Gasteiger partial charge < -0.3 is 15.2 Å². The molecule has 2 aliphatic carbocycles. The Labute approximate surface area is 156 Å². The van der Waals surface area contributed by atoms with Gasteiger partial charge in [-0.15, -0.1) is 0 Å². The first-order valence-corrected chi connectivity index (χ1v) is 10.00. The van der Waals surface area contributed by atoms with Crippen LogP contribution in [-0.4, -0.2) is 24.4 Å². The number of hydrogen-bond donors (Lipinski definition) is 2. The Hall–Kier alpha value is -1.68. The second-order valence-corrected chi connectivity index (χ2v) is 7.62. The molecule has 0 radical (unpaired) electrons. The molecule has 0 saturated heterocycles. The van der Waals surface area contributed by atoms with Crippen LogP contribution in [0.4, 0.5) is 0 Å². The zero-order chi connectivity index (χ0) is 17.8. The Kier molecular flexibility index (Phi) is 5.68. The summed E-state index contributed by atoms with van der Waals surface area (Å²) in [6, 6.07) is 17.6. The van der Waals surface area contributed by atoms with Gasteiger partial charge in [0, 0.05) is 12.6 Å². The van der Waals surface area contributed by atoms with E-state index in [-0.39, 0.29) is 6.10 Å². The van der Waals surface area contributed by atoms with Crippen molar-refractivity contribution in [3.05, 3.63) is 70.8 Å². The van der Waals surface area contributed by atoms with Crippen LogP contribution < -0.4 is 5.32 Å². The van der Waals surface area contributed by atoms with Crippen molar-refractivity contribution in [1.82, 2.24) is 5.32 Å². The highest BCUT2D eigenvalue weighted by atomic mass is 16.5. The van der Waals surface area contributed by atoms with Crippen molar-refractivity contribution < 1.29 is 9.84 Å². The molecule has 4 rings (SSSR count). The molecule has 0 aromatic heterocycles. The van der Waals surface area contributed by atoms with E-state index in [4.69, 9.17) is 4.74 Å². The molecule has 2 aromatic carbocycles. The quantitative estimate of drug-likeness (QED) is 0.823. The molecule has 0 fully saturated rings. The van der Waals surface area contributed by atoms with Crippen LogP contribution in [0.1, 0.15) is 60.1 Å². The SMILES string of the molecule is O[C@@H](CN[C@H]1CCCc2ccccc21)CO[C@@H]1CCCc2ccccc21. The number of fused-ring (bicyclic) bond motifs is 2. The van der Waals surface area contributed by atoms with Gasteiger partial charge in [0.05, 0.1) is 18.8 Å². The Bertz CT molecular complexity index is 668. The zero-order valence-corrected chi connectivity index (χ0v) is 15.4. The molecule has 0 aliphatic heterocycles.